The van der Waals surface area contributed by atoms with E-state index in [1.807, 2.05) is 4.90 Å². The highest BCUT2D eigenvalue weighted by molar-refractivity contribution is 5.74. The summed E-state index contributed by atoms with van der Waals surface area (Å²) in [4.78, 5) is 13.1. The van der Waals surface area contributed by atoms with E-state index in [2.05, 4.69) is 5.32 Å². The SMILES string of the molecule is COCCNC(=O)N1CCCC1. The van der Waals surface area contributed by atoms with Crippen molar-refractivity contribution < 1.29 is 9.53 Å². The minimum atomic E-state index is 0.0459. The Morgan fingerprint density at radius 3 is 2.75 bits per heavy atom. The standard InChI is InChI=1S/C8H16N2O2/c1-12-7-4-9-8(11)10-5-2-3-6-10/h2-7H2,1H3,(H,9,11). The third kappa shape index (κ3) is 2.70. The van der Waals surface area contributed by atoms with Gasteiger partial charge in [0, 0.05) is 26.7 Å². The van der Waals surface area contributed by atoms with Crippen LogP contribution in [0.3, 0.4) is 0 Å². The molecule has 0 atom stereocenters. The van der Waals surface area contributed by atoms with E-state index >= 15 is 0 Å². The first-order chi connectivity index (χ1) is 5.84. The van der Waals surface area contributed by atoms with Crippen LogP contribution in [0, 0.1) is 0 Å². The summed E-state index contributed by atoms with van der Waals surface area (Å²) in [7, 11) is 1.63. The van der Waals surface area contributed by atoms with Crippen molar-refractivity contribution in [2.24, 2.45) is 0 Å². The van der Waals surface area contributed by atoms with Crippen molar-refractivity contribution in [2.75, 3.05) is 33.4 Å². The quantitative estimate of drug-likeness (QED) is 0.627. The molecule has 2 amide bonds. The molecule has 0 aromatic rings. The minimum absolute atomic E-state index is 0.0459. The van der Waals surface area contributed by atoms with Crippen molar-refractivity contribution in [3.63, 3.8) is 0 Å². The predicted octanol–water partition coefficient (Wildman–Crippen LogP) is 0.438. The van der Waals surface area contributed by atoms with Crippen molar-refractivity contribution in [3.05, 3.63) is 0 Å². The zero-order valence-electron chi connectivity index (χ0n) is 7.51. The maximum absolute atomic E-state index is 11.3. The number of ether oxygens (including phenoxy) is 1. The number of nitrogens with zero attached hydrogens (tertiary/aromatic N) is 1. The van der Waals surface area contributed by atoms with Gasteiger partial charge < -0.3 is 15.0 Å². The number of nitrogens with one attached hydrogen (secondary N) is 1. The zero-order valence-corrected chi connectivity index (χ0v) is 7.51. The Labute approximate surface area is 72.9 Å². The molecule has 0 radical (unpaired) electrons. The van der Waals surface area contributed by atoms with Gasteiger partial charge in [-0.2, -0.15) is 0 Å². The van der Waals surface area contributed by atoms with Gasteiger partial charge in [0.25, 0.3) is 0 Å². The number of likely N-dealkylation sites (tertiary alicyclic amines) is 1. The van der Waals surface area contributed by atoms with Crippen LogP contribution in [0.5, 0.6) is 0 Å². The molecule has 1 saturated heterocycles. The molecule has 0 saturated carbocycles. The second-order valence-corrected chi connectivity index (χ2v) is 2.92. The summed E-state index contributed by atoms with van der Waals surface area (Å²) in [6.07, 6.45) is 2.27. The third-order valence-corrected chi connectivity index (χ3v) is 1.98. The number of methoxy groups -OCH3 is 1. The van der Waals surface area contributed by atoms with Gasteiger partial charge in [-0.1, -0.05) is 0 Å². The molecule has 1 fully saturated rings. The van der Waals surface area contributed by atoms with Gasteiger partial charge in [-0.05, 0) is 12.8 Å². The number of carbonyl (C=O) groups excluding carboxylic acids is 1. The summed E-state index contributed by atoms with van der Waals surface area (Å²) in [5.74, 6) is 0. The topological polar surface area (TPSA) is 41.6 Å². The van der Waals surface area contributed by atoms with E-state index in [1.54, 1.807) is 7.11 Å². The smallest absolute Gasteiger partial charge is 0.317 e. The normalized spacial score (nSPS) is 16.6. The van der Waals surface area contributed by atoms with E-state index in [1.165, 1.54) is 0 Å². The Kier molecular flexibility index (Phi) is 3.87. The van der Waals surface area contributed by atoms with E-state index in [0.29, 0.717) is 13.2 Å². The largest absolute Gasteiger partial charge is 0.383 e. The average Bonchev–Trinajstić information content (AvgIpc) is 2.56. The van der Waals surface area contributed by atoms with Gasteiger partial charge >= 0.3 is 6.03 Å². The Morgan fingerprint density at radius 2 is 2.17 bits per heavy atom. The fraction of sp³-hybridized carbons (Fsp3) is 0.875. The first kappa shape index (κ1) is 9.32. The summed E-state index contributed by atoms with van der Waals surface area (Å²) in [5.41, 5.74) is 0. The van der Waals surface area contributed by atoms with Crippen LogP contribution in [-0.4, -0.2) is 44.3 Å². The van der Waals surface area contributed by atoms with Crippen molar-refractivity contribution in [2.45, 2.75) is 12.8 Å². The van der Waals surface area contributed by atoms with Gasteiger partial charge in [-0.3, -0.25) is 0 Å². The zero-order chi connectivity index (χ0) is 8.81. The second kappa shape index (κ2) is 4.98. The molecule has 12 heavy (non-hydrogen) atoms. The molecule has 70 valence electrons. The van der Waals surface area contributed by atoms with Crippen LogP contribution in [-0.2, 0) is 4.74 Å². The Bertz CT molecular complexity index is 144. The van der Waals surface area contributed by atoms with Crippen LogP contribution in [0.15, 0.2) is 0 Å². The van der Waals surface area contributed by atoms with Crippen molar-refractivity contribution in [3.8, 4) is 0 Å². The van der Waals surface area contributed by atoms with Crippen LogP contribution >= 0.6 is 0 Å². The highest BCUT2D eigenvalue weighted by Crippen LogP contribution is 2.06. The molecule has 4 nitrogen and oxygen atoms in total. The van der Waals surface area contributed by atoms with Crippen molar-refractivity contribution >= 4 is 6.03 Å². The van der Waals surface area contributed by atoms with Gasteiger partial charge in [0.05, 0.1) is 6.61 Å². The lowest BCUT2D eigenvalue weighted by atomic mass is 10.4. The Balaban J connectivity index is 2.10. The molecule has 0 unspecified atom stereocenters. The molecule has 1 N–H and O–H groups in total. The fourth-order valence-electron chi connectivity index (χ4n) is 1.29. The number of carbonyl (C=O) groups is 1. The monoisotopic (exact) mass is 172 g/mol. The first-order valence-electron chi connectivity index (χ1n) is 4.36. The van der Waals surface area contributed by atoms with Gasteiger partial charge in [0.1, 0.15) is 0 Å². The number of hydrogen-bond acceptors (Lipinski definition) is 2. The number of hydrogen-bond donors (Lipinski definition) is 1. The highest BCUT2D eigenvalue weighted by atomic mass is 16.5. The predicted molar refractivity (Wildman–Crippen MR) is 46.1 cm³/mol. The van der Waals surface area contributed by atoms with Crippen LogP contribution in [0.25, 0.3) is 0 Å². The summed E-state index contributed by atoms with van der Waals surface area (Å²) in [6.45, 7) is 2.99. The molecule has 0 aliphatic carbocycles. The number of rotatable bonds is 3. The lowest BCUT2D eigenvalue weighted by molar-refractivity contribution is 0.185. The molecule has 1 rings (SSSR count). The summed E-state index contributed by atoms with van der Waals surface area (Å²) >= 11 is 0. The van der Waals surface area contributed by atoms with Gasteiger partial charge in [0.2, 0.25) is 0 Å². The van der Waals surface area contributed by atoms with Gasteiger partial charge in [0.15, 0.2) is 0 Å². The number of urea groups is 1. The summed E-state index contributed by atoms with van der Waals surface area (Å²) in [6, 6.07) is 0.0459. The third-order valence-electron chi connectivity index (χ3n) is 1.98. The maximum atomic E-state index is 11.3. The number of amides is 2. The van der Waals surface area contributed by atoms with E-state index in [0.717, 1.165) is 25.9 Å². The van der Waals surface area contributed by atoms with Crippen LogP contribution < -0.4 is 5.32 Å². The molecule has 0 spiro atoms. The van der Waals surface area contributed by atoms with Crippen LogP contribution in [0.1, 0.15) is 12.8 Å². The van der Waals surface area contributed by atoms with E-state index in [9.17, 15) is 4.79 Å². The molecule has 1 aliphatic heterocycles. The Morgan fingerprint density at radius 1 is 1.50 bits per heavy atom. The van der Waals surface area contributed by atoms with Crippen molar-refractivity contribution in [1.82, 2.24) is 10.2 Å². The first-order valence-corrected chi connectivity index (χ1v) is 4.36. The molecule has 1 heterocycles. The van der Waals surface area contributed by atoms with E-state index in [4.69, 9.17) is 4.74 Å². The van der Waals surface area contributed by atoms with Crippen LogP contribution in [0.4, 0.5) is 4.79 Å². The molecular weight excluding hydrogens is 156 g/mol. The highest BCUT2D eigenvalue weighted by Gasteiger charge is 2.16. The average molecular weight is 172 g/mol. The molecule has 1 aliphatic rings. The van der Waals surface area contributed by atoms with Crippen LogP contribution in [0.2, 0.25) is 0 Å². The molecule has 4 heteroatoms. The van der Waals surface area contributed by atoms with Gasteiger partial charge in [-0.15, -0.1) is 0 Å². The minimum Gasteiger partial charge on any atom is -0.383 e. The fourth-order valence-corrected chi connectivity index (χ4v) is 1.29. The lowest BCUT2D eigenvalue weighted by Crippen LogP contribution is -2.39. The van der Waals surface area contributed by atoms with E-state index < -0.39 is 0 Å². The lowest BCUT2D eigenvalue weighted by Gasteiger charge is -2.15. The Hall–Kier alpha value is -0.770. The maximum Gasteiger partial charge on any atom is 0.317 e. The molecule has 0 bridgehead atoms. The summed E-state index contributed by atoms with van der Waals surface area (Å²) < 4.78 is 4.82. The van der Waals surface area contributed by atoms with Crippen molar-refractivity contribution in [1.29, 1.82) is 0 Å². The van der Waals surface area contributed by atoms with Gasteiger partial charge in [-0.25, -0.2) is 4.79 Å². The molecule has 0 aromatic carbocycles. The second-order valence-electron chi connectivity index (χ2n) is 2.92. The summed E-state index contributed by atoms with van der Waals surface area (Å²) in [5, 5.41) is 2.79. The van der Waals surface area contributed by atoms with E-state index in [-0.39, 0.29) is 6.03 Å². The molecule has 0 aromatic heterocycles. The molecular formula is C8H16N2O2.